The molecule has 0 saturated heterocycles. The van der Waals surface area contributed by atoms with E-state index < -0.39 is 0 Å². The maximum atomic E-state index is 13.2. The van der Waals surface area contributed by atoms with Gasteiger partial charge in [-0.05, 0) is 74.2 Å². The van der Waals surface area contributed by atoms with Crippen molar-refractivity contribution in [2.45, 2.75) is 25.7 Å². The van der Waals surface area contributed by atoms with Crippen molar-refractivity contribution in [3.05, 3.63) is 58.9 Å². The predicted molar refractivity (Wildman–Crippen MR) is 88.2 cm³/mol. The molecule has 0 spiro atoms. The first kappa shape index (κ1) is 16.2. The van der Waals surface area contributed by atoms with E-state index in [9.17, 15) is 9.65 Å². The monoisotopic (exact) mass is 296 g/mol. The smallest absolute Gasteiger partial charge is 0.124 e. The summed E-state index contributed by atoms with van der Waals surface area (Å²) in [5.41, 5.74) is 5.06. The third-order valence-electron chi connectivity index (χ3n) is 3.79. The Morgan fingerprint density at radius 2 is 1.77 bits per heavy atom. The zero-order valence-corrected chi connectivity index (χ0v) is 13.1. The quantitative estimate of drug-likeness (QED) is 0.860. The minimum Gasteiger partial charge on any atom is -0.323 e. The molecule has 1 aliphatic carbocycles. The summed E-state index contributed by atoms with van der Waals surface area (Å²) in [4.78, 5) is 0. The molecule has 2 aromatic carbocycles. The van der Waals surface area contributed by atoms with Crippen LogP contribution in [-0.4, -0.2) is 14.1 Å². The van der Waals surface area contributed by atoms with Crippen LogP contribution in [0.15, 0.2) is 36.4 Å². The predicted octanol–water partition coefficient (Wildman–Crippen LogP) is 4.08. The fraction of sp³-hybridized carbons (Fsp3) is 0.316. The van der Waals surface area contributed by atoms with Crippen molar-refractivity contribution in [3.63, 3.8) is 0 Å². The Hall–Kier alpha value is -2.18. The van der Waals surface area contributed by atoms with E-state index in [1.165, 1.54) is 36.1 Å². The zero-order valence-electron chi connectivity index (χ0n) is 13.1. The molecule has 0 heterocycles. The number of halogens is 1. The summed E-state index contributed by atoms with van der Waals surface area (Å²) in [6.45, 7) is 0. The van der Waals surface area contributed by atoms with Gasteiger partial charge in [-0.15, -0.1) is 0 Å². The van der Waals surface area contributed by atoms with Gasteiger partial charge in [0.1, 0.15) is 5.82 Å². The van der Waals surface area contributed by atoms with Crippen molar-refractivity contribution in [3.8, 4) is 17.2 Å². The third kappa shape index (κ3) is 3.52. The summed E-state index contributed by atoms with van der Waals surface area (Å²) >= 11 is 0. The van der Waals surface area contributed by atoms with Crippen molar-refractivity contribution in [2.75, 3.05) is 14.1 Å². The van der Waals surface area contributed by atoms with Crippen LogP contribution in [0.4, 0.5) is 4.39 Å². The normalized spacial score (nSPS) is 12.6. The van der Waals surface area contributed by atoms with Gasteiger partial charge in [0.2, 0.25) is 0 Å². The summed E-state index contributed by atoms with van der Waals surface area (Å²) in [5, 5.41) is 11.9. The van der Waals surface area contributed by atoms with Gasteiger partial charge < -0.3 is 5.32 Å². The molecule has 0 aliphatic heterocycles. The number of nitrogens with zero attached hydrogens (tertiary/aromatic N) is 1. The van der Waals surface area contributed by atoms with Crippen LogP contribution in [0.1, 0.15) is 29.5 Å². The third-order valence-corrected chi connectivity index (χ3v) is 3.79. The van der Waals surface area contributed by atoms with Crippen LogP contribution in [0.25, 0.3) is 11.1 Å². The number of hydrogen-bond donors (Lipinski definition) is 1. The maximum absolute atomic E-state index is 13.2. The van der Waals surface area contributed by atoms with Crippen LogP contribution in [0.2, 0.25) is 0 Å². The van der Waals surface area contributed by atoms with Gasteiger partial charge in [-0.2, -0.15) is 5.26 Å². The molecule has 114 valence electrons. The second-order valence-corrected chi connectivity index (χ2v) is 5.45. The summed E-state index contributed by atoms with van der Waals surface area (Å²) in [6, 6.07) is 12.8. The topological polar surface area (TPSA) is 35.8 Å². The number of rotatable bonds is 1. The van der Waals surface area contributed by atoms with Crippen LogP contribution in [0.3, 0.4) is 0 Å². The number of hydrogen-bond acceptors (Lipinski definition) is 2. The minimum absolute atomic E-state index is 0.356. The number of nitrogens with one attached hydrogen (secondary N) is 1. The molecule has 2 nitrogen and oxygen atoms in total. The molecule has 0 amide bonds. The van der Waals surface area contributed by atoms with E-state index in [1.54, 1.807) is 6.07 Å². The first-order valence-electron chi connectivity index (χ1n) is 7.60. The fourth-order valence-corrected chi connectivity index (χ4v) is 2.88. The number of benzene rings is 2. The zero-order chi connectivity index (χ0) is 15.9. The lowest BCUT2D eigenvalue weighted by Gasteiger charge is -2.20. The van der Waals surface area contributed by atoms with Crippen LogP contribution in [0.5, 0.6) is 0 Å². The molecule has 0 fully saturated rings. The molecule has 22 heavy (non-hydrogen) atoms. The van der Waals surface area contributed by atoms with Crippen molar-refractivity contribution in [1.82, 2.24) is 5.32 Å². The molecule has 0 unspecified atom stereocenters. The molecular formula is C19H21FN2. The second kappa shape index (κ2) is 7.72. The highest BCUT2D eigenvalue weighted by Crippen LogP contribution is 2.33. The summed E-state index contributed by atoms with van der Waals surface area (Å²) in [7, 11) is 3.75. The minimum atomic E-state index is -0.356. The van der Waals surface area contributed by atoms with E-state index in [0.717, 1.165) is 24.0 Å². The highest BCUT2D eigenvalue weighted by molar-refractivity contribution is 5.74. The number of nitriles is 1. The summed E-state index contributed by atoms with van der Waals surface area (Å²) in [5.74, 6) is -0.356. The molecule has 0 aromatic heterocycles. The molecule has 0 saturated carbocycles. The standard InChI is InChI=1S/C17H14FN.C2H7N/c18-14-8-9-16(13(10-14)11-19)17-7-3-5-12-4-1-2-6-15(12)17;1-3-2/h3,5,7-10H,1-2,4,6H2;3H,1-2H3. The molecule has 3 heteroatoms. The van der Waals surface area contributed by atoms with E-state index >= 15 is 0 Å². The lowest BCUT2D eigenvalue weighted by molar-refractivity contribution is 0.627. The highest BCUT2D eigenvalue weighted by Gasteiger charge is 2.16. The highest BCUT2D eigenvalue weighted by atomic mass is 19.1. The van der Waals surface area contributed by atoms with E-state index in [1.807, 2.05) is 26.2 Å². The Morgan fingerprint density at radius 3 is 2.50 bits per heavy atom. The Labute approximate surface area is 131 Å². The average molecular weight is 296 g/mol. The first-order valence-corrected chi connectivity index (χ1v) is 7.60. The van der Waals surface area contributed by atoms with Gasteiger partial charge in [-0.3, -0.25) is 0 Å². The average Bonchev–Trinajstić information content (AvgIpc) is 2.55. The lowest BCUT2D eigenvalue weighted by Crippen LogP contribution is -2.04. The van der Waals surface area contributed by atoms with Crippen LogP contribution >= 0.6 is 0 Å². The first-order chi connectivity index (χ1) is 10.7. The SMILES string of the molecule is CNC.N#Cc1cc(F)ccc1-c1cccc2c1CCCC2. The molecule has 0 bridgehead atoms. The van der Waals surface area contributed by atoms with Crippen molar-refractivity contribution in [2.24, 2.45) is 0 Å². The molecule has 0 radical (unpaired) electrons. The van der Waals surface area contributed by atoms with E-state index in [4.69, 9.17) is 0 Å². The number of aryl methyl sites for hydroxylation is 1. The van der Waals surface area contributed by atoms with Crippen molar-refractivity contribution < 1.29 is 4.39 Å². The largest absolute Gasteiger partial charge is 0.323 e. The molecule has 2 aromatic rings. The van der Waals surface area contributed by atoms with Gasteiger partial charge >= 0.3 is 0 Å². The van der Waals surface area contributed by atoms with Gasteiger partial charge in [0.25, 0.3) is 0 Å². The van der Waals surface area contributed by atoms with Gasteiger partial charge in [0.15, 0.2) is 0 Å². The summed E-state index contributed by atoms with van der Waals surface area (Å²) in [6.07, 6.45) is 4.57. The van der Waals surface area contributed by atoms with E-state index in [-0.39, 0.29) is 5.82 Å². The Balaban J connectivity index is 0.000000545. The fourth-order valence-electron chi connectivity index (χ4n) is 2.88. The van der Waals surface area contributed by atoms with Crippen LogP contribution in [0, 0.1) is 17.1 Å². The molecule has 3 rings (SSSR count). The van der Waals surface area contributed by atoms with E-state index in [2.05, 4.69) is 17.5 Å². The van der Waals surface area contributed by atoms with Crippen molar-refractivity contribution in [1.29, 1.82) is 5.26 Å². The van der Waals surface area contributed by atoms with Crippen LogP contribution < -0.4 is 5.32 Å². The van der Waals surface area contributed by atoms with E-state index in [0.29, 0.717) is 5.56 Å². The molecule has 0 atom stereocenters. The molecule has 1 aliphatic rings. The Kier molecular flexibility index (Phi) is 5.68. The van der Waals surface area contributed by atoms with Gasteiger partial charge in [0, 0.05) is 0 Å². The lowest BCUT2D eigenvalue weighted by atomic mass is 9.85. The van der Waals surface area contributed by atoms with Gasteiger partial charge in [-0.25, -0.2) is 4.39 Å². The van der Waals surface area contributed by atoms with Gasteiger partial charge in [-0.1, -0.05) is 24.3 Å². The maximum Gasteiger partial charge on any atom is 0.124 e. The Bertz CT molecular complexity index is 686. The molecule has 1 N–H and O–H groups in total. The van der Waals surface area contributed by atoms with Crippen LogP contribution in [-0.2, 0) is 12.8 Å². The van der Waals surface area contributed by atoms with Gasteiger partial charge in [0.05, 0.1) is 11.6 Å². The Morgan fingerprint density at radius 1 is 1.05 bits per heavy atom. The number of fused-ring (bicyclic) bond motifs is 1. The molecular weight excluding hydrogens is 275 g/mol. The second-order valence-electron chi connectivity index (χ2n) is 5.45. The summed E-state index contributed by atoms with van der Waals surface area (Å²) < 4.78 is 13.2. The van der Waals surface area contributed by atoms with Crippen molar-refractivity contribution >= 4 is 0 Å².